The Hall–Kier alpha value is -2.17. The Bertz CT molecular complexity index is 990. The summed E-state index contributed by atoms with van der Waals surface area (Å²) in [6.07, 6.45) is 3.48. The second kappa shape index (κ2) is 9.76. The molecular weight excluding hydrogens is 396 g/mol. The predicted octanol–water partition coefficient (Wildman–Crippen LogP) is 5.94. The van der Waals surface area contributed by atoms with Gasteiger partial charge in [-0.1, -0.05) is 19.9 Å². The number of ether oxygens (including phenoxy) is 2. The zero-order valence-electron chi connectivity index (χ0n) is 18.4. The van der Waals surface area contributed by atoms with Crippen molar-refractivity contribution in [3.05, 3.63) is 47.5 Å². The number of piperidine rings is 1. The van der Waals surface area contributed by atoms with Crippen LogP contribution >= 0.6 is 12.4 Å². The summed E-state index contributed by atoms with van der Waals surface area (Å²) in [5.41, 5.74) is 6.41. The zero-order valence-corrected chi connectivity index (χ0v) is 19.2. The average Bonchev–Trinajstić information content (AvgIpc) is 3.11. The summed E-state index contributed by atoms with van der Waals surface area (Å²) in [6.45, 7) is 6.80. The van der Waals surface area contributed by atoms with Crippen LogP contribution in [0.5, 0.6) is 11.5 Å². The van der Waals surface area contributed by atoms with E-state index < -0.39 is 0 Å². The zero-order chi connectivity index (χ0) is 20.4. The minimum atomic E-state index is 0. The lowest BCUT2D eigenvalue weighted by atomic mass is 9.88. The Morgan fingerprint density at radius 3 is 2.37 bits per heavy atom. The van der Waals surface area contributed by atoms with Gasteiger partial charge in [0.25, 0.3) is 0 Å². The first-order chi connectivity index (χ1) is 14.1. The van der Waals surface area contributed by atoms with Gasteiger partial charge in [-0.05, 0) is 85.6 Å². The largest absolute Gasteiger partial charge is 0.493 e. The topological polar surface area (TPSA) is 46.3 Å². The lowest BCUT2D eigenvalue weighted by Crippen LogP contribution is -2.26. The van der Waals surface area contributed by atoms with Gasteiger partial charge in [0.05, 0.1) is 14.2 Å². The van der Waals surface area contributed by atoms with Crippen molar-refractivity contribution in [3.8, 4) is 22.8 Å². The molecule has 4 nitrogen and oxygen atoms in total. The molecule has 1 saturated heterocycles. The van der Waals surface area contributed by atoms with Crippen LogP contribution in [0.3, 0.4) is 0 Å². The van der Waals surface area contributed by atoms with Crippen molar-refractivity contribution in [2.24, 2.45) is 5.92 Å². The summed E-state index contributed by atoms with van der Waals surface area (Å²) < 4.78 is 11.0. The van der Waals surface area contributed by atoms with E-state index in [4.69, 9.17) is 9.47 Å². The van der Waals surface area contributed by atoms with Crippen molar-refractivity contribution in [1.29, 1.82) is 0 Å². The van der Waals surface area contributed by atoms with Gasteiger partial charge in [0, 0.05) is 22.2 Å². The molecule has 0 amide bonds. The fourth-order valence-electron chi connectivity index (χ4n) is 4.53. The predicted molar refractivity (Wildman–Crippen MR) is 127 cm³/mol. The van der Waals surface area contributed by atoms with Crippen molar-refractivity contribution in [1.82, 2.24) is 10.3 Å². The van der Waals surface area contributed by atoms with E-state index in [-0.39, 0.29) is 12.4 Å². The van der Waals surface area contributed by atoms with Crippen molar-refractivity contribution in [3.63, 3.8) is 0 Å². The van der Waals surface area contributed by atoms with Gasteiger partial charge < -0.3 is 19.8 Å². The highest BCUT2D eigenvalue weighted by molar-refractivity contribution is 5.91. The van der Waals surface area contributed by atoms with Gasteiger partial charge >= 0.3 is 0 Å². The van der Waals surface area contributed by atoms with Gasteiger partial charge in [0.2, 0.25) is 0 Å². The van der Waals surface area contributed by atoms with Crippen LogP contribution in [0, 0.1) is 5.92 Å². The third-order valence-corrected chi connectivity index (χ3v) is 6.03. The van der Waals surface area contributed by atoms with Crippen LogP contribution in [0.4, 0.5) is 0 Å². The van der Waals surface area contributed by atoms with Crippen molar-refractivity contribution >= 4 is 23.3 Å². The molecule has 2 N–H and O–H groups in total. The lowest BCUT2D eigenvalue weighted by Gasteiger charge is -2.23. The highest BCUT2D eigenvalue weighted by atomic mass is 35.5. The standard InChI is InChI=1S/C25H32N2O2.ClH/c1-16(2)13-21-20-14-18(17-9-11-26-12-10-17)5-7-22(20)27-25(21)19-6-8-23(28-3)24(15-19)29-4;/h5-8,14-17,26-27H,9-13H2,1-4H3;1H. The Balaban J connectivity index is 0.00000256. The number of fused-ring (bicyclic) bond motifs is 1. The maximum atomic E-state index is 5.55. The van der Waals surface area contributed by atoms with E-state index in [1.165, 1.54) is 40.6 Å². The van der Waals surface area contributed by atoms with Crippen LogP contribution in [-0.4, -0.2) is 32.3 Å². The summed E-state index contributed by atoms with van der Waals surface area (Å²) in [6, 6.07) is 13.2. The fraction of sp³-hybridized carbons (Fsp3) is 0.440. The lowest BCUT2D eigenvalue weighted by molar-refractivity contribution is 0.355. The molecule has 1 aliphatic heterocycles. The Morgan fingerprint density at radius 2 is 1.70 bits per heavy atom. The number of aromatic amines is 1. The van der Waals surface area contributed by atoms with Crippen molar-refractivity contribution in [2.45, 2.75) is 39.0 Å². The number of H-pyrrole nitrogens is 1. The van der Waals surface area contributed by atoms with Gasteiger partial charge in [-0.25, -0.2) is 0 Å². The molecule has 0 aliphatic carbocycles. The smallest absolute Gasteiger partial charge is 0.161 e. The molecular formula is C25H33ClN2O2. The fourth-order valence-corrected chi connectivity index (χ4v) is 4.53. The summed E-state index contributed by atoms with van der Waals surface area (Å²) in [5.74, 6) is 2.75. The number of methoxy groups -OCH3 is 2. The van der Waals surface area contributed by atoms with E-state index in [2.05, 4.69) is 54.5 Å². The van der Waals surface area contributed by atoms with Crippen LogP contribution < -0.4 is 14.8 Å². The number of hydrogen-bond donors (Lipinski definition) is 2. The molecule has 0 bridgehead atoms. The number of rotatable bonds is 6. The van der Waals surface area contributed by atoms with E-state index in [0.29, 0.717) is 11.8 Å². The van der Waals surface area contributed by atoms with Crippen LogP contribution in [0.25, 0.3) is 22.2 Å². The third kappa shape index (κ3) is 4.45. The molecule has 0 saturated carbocycles. The summed E-state index contributed by atoms with van der Waals surface area (Å²) in [4.78, 5) is 3.70. The normalized spacial score (nSPS) is 14.7. The molecule has 30 heavy (non-hydrogen) atoms. The second-order valence-electron chi connectivity index (χ2n) is 8.48. The van der Waals surface area contributed by atoms with E-state index in [9.17, 15) is 0 Å². The molecule has 2 heterocycles. The number of benzene rings is 2. The van der Waals surface area contributed by atoms with E-state index in [1.54, 1.807) is 14.2 Å². The van der Waals surface area contributed by atoms with Crippen molar-refractivity contribution in [2.75, 3.05) is 27.3 Å². The molecule has 3 aromatic rings. The third-order valence-electron chi connectivity index (χ3n) is 6.03. The van der Waals surface area contributed by atoms with Crippen molar-refractivity contribution < 1.29 is 9.47 Å². The van der Waals surface area contributed by atoms with Crippen LogP contribution in [0.2, 0.25) is 0 Å². The number of aromatic nitrogens is 1. The van der Waals surface area contributed by atoms with E-state index in [1.807, 2.05) is 6.07 Å². The SMILES string of the molecule is COc1ccc(-c2[nH]c3ccc(C4CCNCC4)cc3c2CC(C)C)cc1OC.Cl. The first-order valence-corrected chi connectivity index (χ1v) is 10.7. The maximum Gasteiger partial charge on any atom is 0.161 e. The van der Waals surface area contributed by atoms with E-state index in [0.717, 1.165) is 36.6 Å². The summed E-state index contributed by atoms with van der Waals surface area (Å²) in [5, 5.41) is 4.84. The average molecular weight is 429 g/mol. The van der Waals surface area contributed by atoms with Crippen LogP contribution in [0.1, 0.15) is 43.7 Å². The quantitative estimate of drug-likeness (QED) is 0.510. The monoisotopic (exact) mass is 428 g/mol. The molecule has 4 rings (SSSR count). The molecule has 0 atom stereocenters. The molecule has 1 fully saturated rings. The summed E-state index contributed by atoms with van der Waals surface area (Å²) in [7, 11) is 3.36. The number of nitrogens with one attached hydrogen (secondary N) is 2. The first-order valence-electron chi connectivity index (χ1n) is 10.7. The second-order valence-corrected chi connectivity index (χ2v) is 8.48. The van der Waals surface area contributed by atoms with E-state index >= 15 is 0 Å². The molecule has 2 aromatic carbocycles. The molecule has 5 heteroatoms. The van der Waals surface area contributed by atoms with Gasteiger partial charge in [-0.15, -0.1) is 12.4 Å². The maximum absolute atomic E-state index is 5.55. The van der Waals surface area contributed by atoms with Gasteiger partial charge in [0.1, 0.15) is 0 Å². The molecule has 162 valence electrons. The van der Waals surface area contributed by atoms with Gasteiger partial charge in [-0.2, -0.15) is 0 Å². The first kappa shape index (κ1) is 22.5. The molecule has 0 radical (unpaired) electrons. The minimum Gasteiger partial charge on any atom is -0.493 e. The highest BCUT2D eigenvalue weighted by Crippen LogP contribution is 2.38. The van der Waals surface area contributed by atoms with Gasteiger partial charge in [-0.3, -0.25) is 0 Å². The molecule has 1 aliphatic rings. The van der Waals surface area contributed by atoms with Crippen LogP contribution in [0.15, 0.2) is 36.4 Å². The minimum absolute atomic E-state index is 0. The summed E-state index contributed by atoms with van der Waals surface area (Å²) >= 11 is 0. The van der Waals surface area contributed by atoms with Crippen LogP contribution in [-0.2, 0) is 6.42 Å². The molecule has 0 spiro atoms. The molecule has 1 aromatic heterocycles. The van der Waals surface area contributed by atoms with Gasteiger partial charge in [0.15, 0.2) is 11.5 Å². The Morgan fingerprint density at radius 1 is 0.967 bits per heavy atom. The Labute approximate surface area is 185 Å². The number of halogens is 1. The molecule has 0 unspecified atom stereocenters. The highest BCUT2D eigenvalue weighted by Gasteiger charge is 2.20. The Kier molecular flexibility index (Phi) is 7.32. The number of hydrogen-bond acceptors (Lipinski definition) is 3.